The number of hydrogen-bond donors (Lipinski definition) is 0. The van der Waals surface area contributed by atoms with Gasteiger partial charge < -0.3 is 19.3 Å². The highest BCUT2D eigenvalue weighted by atomic mass is 16.5. The van der Waals surface area contributed by atoms with E-state index in [0.717, 1.165) is 17.5 Å². The lowest BCUT2D eigenvalue weighted by Gasteiger charge is -2.37. The van der Waals surface area contributed by atoms with E-state index in [0.29, 0.717) is 36.7 Å². The molecule has 0 saturated carbocycles. The zero-order valence-electron chi connectivity index (χ0n) is 18.0. The van der Waals surface area contributed by atoms with Crippen molar-refractivity contribution in [2.45, 2.75) is 39.4 Å². The van der Waals surface area contributed by atoms with E-state index in [2.05, 4.69) is 0 Å². The van der Waals surface area contributed by atoms with Crippen LogP contribution >= 0.6 is 0 Å². The first kappa shape index (κ1) is 20.3. The molecule has 158 valence electrons. The largest absolute Gasteiger partial charge is 0.493 e. The Morgan fingerprint density at radius 1 is 0.967 bits per heavy atom. The van der Waals surface area contributed by atoms with Gasteiger partial charge in [-0.3, -0.25) is 9.59 Å². The van der Waals surface area contributed by atoms with Crippen LogP contribution in [0.4, 0.5) is 0 Å². The van der Waals surface area contributed by atoms with Crippen LogP contribution in [0.1, 0.15) is 40.9 Å². The Morgan fingerprint density at radius 3 is 2.27 bits per heavy atom. The lowest BCUT2D eigenvalue weighted by molar-refractivity contribution is -0.138. The molecule has 0 aromatic heterocycles. The lowest BCUT2D eigenvalue weighted by Crippen LogP contribution is -2.52. The van der Waals surface area contributed by atoms with Gasteiger partial charge >= 0.3 is 0 Å². The number of carbonyl (C=O) groups is 2. The van der Waals surface area contributed by atoms with Gasteiger partial charge in [0, 0.05) is 25.2 Å². The average Bonchev–Trinajstić information content (AvgIpc) is 3.08. The van der Waals surface area contributed by atoms with Crippen molar-refractivity contribution in [3.63, 3.8) is 0 Å². The number of amides is 2. The lowest BCUT2D eigenvalue weighted by atomic mass is 9.96. The molecule has 2 aromatic rings. The van der Waals surface area contributed by atoms with E-state index in [1.165, 1.54) is 5.56 Å². The van der Waals surface area contributed by atoms with E-state index < -0.39 is 6.04 Å². The predicted octanol–water partition coefficient (Wildman–Crippen LogP) is 3.27. The van der Waals surface area contributed by atoms with Crippen LogP contribution in [-0.2, 0) is 24.3 Å². The topological polar surface area (TPSA) is 59.1 Å². The molecule has 2 heterocycles. The summed E-state index contributed by atoms with van der Waals surface area (Å²) in [5, 5.41) is 0. The van der Waals surface area contributed by atoms with Crippen LogP contribution in [0, 0.1) is 5.92 Å². The maximum absolute atomic E-state index is 13.6. The van der Waals surface area contributed by atoms with E-state index in [1.54, 1.807) is 19.1 Å². The van der Waals surface area contributed by atoms with Gasteiger partial charge in [-0.1, -0.05) is 32.0 Å². The summed E-state index contributed by atoms with van der Waals surface area (Å²) in [7, 11) is 3.24. The molecule has 0 saturated heterocycles. The number of rotatable bonds is 5. The highest BCUT2D eigenvalue weighted by Crippen LogP contribution is 2.34. The maximum atomic E-state index is 13.6. The monoisotopic (exact) mass is 408 g/mol. The average molecular weight is 408 g/mol. The third-order valence-electron chi connectivity index (χ3n) is 6.10. The zero-order chi connectivity index (χ0) is 21.4. The Morgan fingerprint density at radius 2 is 1.63 bits per heavy atom. The molecular weight excluding hydrogens is 380 g/mol. The van der Waals surface area contributed by atoms with Gasteiger partial charge in [0.25, 0.3) is 5.91 Å². The third-order valence-corrected chi connectivity index (χ3v) is 6.10. The van der Waals surface area contributed by atoms with E-state index in [-0.39, 0.29) is 17.7 Å². The van der Waals surface area contributed by atoms with E-state index in [1.807, 2.05) is 55.1 Å². The molecule has 0 fully saturated rings. The van der Waals surface area contributed by atoms with Gasteiger partial charge in [0.05, 0.1) is 14.2 Å². The first-order valence-electron chi connectivity index (χ1n) is 10.4. The molecule has 2 aliphatic heterocycles. The van der Waals surface area contributed by atoms with Crippen LogP contribution in [0.25, 0.3) is 0 Å². The van der Waals surface area contributed by atoms with Gasteiger partial charge in [0.1, 0.15) is 6.04 Å². The molecule has 4 rings (SSSR count). The maximum Gasteiger partial charge on any atom is 0.255 e. The molecule has 6 nitrogen and oxygen atoms in total. The zero-order valence-corrected chi connectivity index (χ0v) is 18.0. The fourth-order valence-electron chi connectivity index (χ4n) is 4.54. The quantitative estimate of drug-likeness (QED) is 0.762. The van der Waals surface area contributed by atoms with Gasteiger partial charge in [-0.25, -0.2) is 0 Å². The predicted molar refractivity (Wildman–Crippen MR) is 114 cm³/mol. The number of ether oxygens (including phenoxy) is 2. The van der Waals surface area contributed by atoms with Crippen molar-refractivity contribution in [2.75, 3.05) is 20.8 Å². The SMILES string of the molecule is COc1cc2c(cc1OC)CN(C(=O)[C@H](C(C)C)N1Cc3ccccc3C1=O)CC2. The standard InChI is InChI=1S/C24H28N2O4/c1-15(2)22(26-14-17-7-5-6-8-19(17)23(26)27)24(28)25-10-9-16-11-20(29-3)21(30-4)12-18(16)13-25/h5-8,11-12,15,22H,9-10,13-14H2,1-4H3/t22-/m0/s1. The molecule has 1 atom stereocenters. The molecular formula is C24H28N2O4. The number of benzene rings is 2. The Balaban J connectivity index is 1.58. The van der Waals surface area contributed by atoms with Crippen LogP contribution in [-0.4, -0.2) is 48.4 Å². The fraction of sp³-hybridized carbons (Fsp3) is 0.417. The summed E-state index contributed by atoms with van der Waals surface area (Å²) in [4.78, 5) is 30.2. The van der Waals surface area contributed by atoms with Crippen molar-refractivity contribution >= 4 is 11.8 Å². The summed E-state index contributed by atoms with van der Waals surface area (Å²) in [6.07, 6.45) is 0.750. The van der Waals surface area contributed by atoms with Crippen molar-refractivity contribution in [1.29, 1.82) is 0 Å². The van der Waals surface area contributed by atoms with E-state index in [9.17, 15) is 9.59 Å². The van der Waals surface area contributed by atoms with E-state index in [4.69, 9.17) is 9.47 Å². The minimum absolute atomic E-state index is 0.00610. The molecule has 0 N–H and O–H groups in total. The van der Waals surface area contributed by atoms with Gasteiger partial charge in [-0.15, -0.1) is 0 Å². The van der Waals surface area contributed by atoms with Gasteiger partial charge in [-0.2, -0.15) is 0 Å². The molecule has 0 unspecified atom stereocenters. The van der Waals surface area contributed by atoms with Crippen molar-refractivity contribution in [1.82, 2.24) is 9.80 Å². The minimum Gasteiger partial charge on any atom is -0.493 e. The van der Waals surface area contributed by atoms with Crippen LogP contribution in [0.5, 0.6) is 11.5 Å². The third kappa shape index (κ3) is 3.40. The summed E-state index contributed by atoms with van der Waals surface area (Å²) in [5.41, 5.74) is 3.92. The Hall–Kier alpha value is -3.02. The highest BCUT2D eigenvalue weighted by Gasteiger charge is 2.40. The minimum atomic E-state index is -0.480. The molecule has 0 spiro atoms. The summed E-state index contributed by atoms with van der Waals surface area (Å²) < 4.78 is 10.8. The van der Waals surface area contributed by atoms with Crippen LogP contribution in [0.2, 0.25) is 0 Å². The van der Waals surface area contributed by atoms with E-state index >= 15 is 0 Å². The Bertz CT molecular complexity index is 985. The normalized spacial score (nSPS) is 16.4. The number of carbonyl (C=O) groups excluding carboxylic acids is 2. The molecule has 2 amide bonds. The van der Waals surface area contributed by atoms with Gasteiger partial charge in [0.2, 0.25) is 5.91 Å². The molecule has 0 aliphatic carbocycles. The number of fused-ring (bicyclic) bond motifs is 2. The summed E-state index contributed by atoms with van der Waals surface area (Å²) in [6.45, 7) is 5.63. The van der Waals surface area contributed by atoms with Crippen molar-refractivity contribution < 1.29 is 19.1 Å². The smallest absolute Gasteiger partial charge is 0.255 e. The second-order valence-corrected chi connectivity index (χ2v) is 8.26. The number of methoxy groups -OCH3 is 2. The summed E-state index contributed by atoms with van der Waals surface area (Å²) >= 11 is 0. The van der Waals surface area contributed by atoms with Crippen molar-refractivity contribution in [3.8, 4) is 11.5 Å². The molecule has 2 aliphatic rings. The Kier molecular flexibility index (Phi) is 5.41. The molecule has 0 bridgehead atoms. The summed E-state index contributed by atoms with van der Waals surface area (Å²) in [6, 6.07) is 11.1. The van der Waals surface area contributed by atoms with Crippen molar-refractivity contribution in [2.24, 2.45) is 5.92 Å². The van der Waals surface area contributed by atoms with Gasteiger partial charge in [-0.05, 0) is 47.2 Å². The summed E-state index contributed by atoms with van der Waals surface area (Å²) in [5.74, 6) is 1.34. The fourth-order valence-corrected chi connectivity index (χ4v) is 4.54. The van der Waals surface area contributed by atoms with Gasteiger partial charge in [0.15, 0.2) is 11.5 Å². The highest BCUT2D eigenvalue weighted by molar-refractivity contribution is 6.01. The molecule has 6 heteroatoms. The second-order valence-electron chi connectivity index (χ2n) is 8.26. The molecule has 30 heavy (non-hydrogen) atoms. The first-order valence-corrected chi connectivity index (χ1v) is 10.4. The van der Waals surface area contributed by atoms with Crippen LogP contribution in [0.15, 0.2) is 36.4 Å². The Labute approximate surface area is 177 Å². The molecule has 0 radical (unpaired) electrons. The van der Waals surface area contributed by atoms with Crippen LogP contribution in [0.3, 0.4) is 0 Å². The molecule has 2 aromatic carbocycles. The number of nitrogens with zero attached hydrogens (tertiary/aromatic N) is 2. The first-order chi connectivity index (χ1) is 14.4. The number of hydrogen-bond acceptors (Lipinski definition) is 4. The van der Waals surface area contributed by atoms with Crippen molar-refractivity contribution in [3.05, 3.63) is 58.7 Å². The van der Waals surface area contributed by atoms with Crippen LogP contribution < -0.4 is 9.47 Å². The second kappa shape index (κ2) is 8.01.